The van der Waals surface area contributed by atoms with Crippen molar-refractivity contribution in [3.05, 3.63) is 53.0 Å². The van der Waals surface area contributed by atoms with Crippen LogP contribution in [0.5, 0.6) is 0 Å². The molecule has 1 aromatic heterocycles. The van der Waals surface area contributed by atoms with Gasteiger partial charge in [-0.25, -0.2) is 4.98 Å². The summed E-state index contributed by atoms with van der Waals surface area (Å²) in [6.45, 7) is 5.75. The quantitative estimate of drug-likeness (QED) is 0.676. The number of fused-ring (bicyclic) bond motifs is 2. The molecule has 8 heteroatoms. The molecule has 2 aromatic carbocycles. The Kier molecular flexibility index (Phi) is 5.22. The molecule has 1 N–H and O–H groups in total. The third-order valence-corrected chi connectivity index (χ3v) is 7.71. The summed E-state index contributed by atoms with van der Waals surface area (Å²) < 4.78 is 1.22. The number of rotatable bonds is 3. The molecule has 5 rings (SSSR count). The smallest absolute Gasteiger partial charge is 0.254 e. The summed E-state index contributed by atoms with van der Waals surface area (Å²) in [4.78, 5) is 34.9. The topological polar surface area (TPSA) is 65.5 Å². The molecule has 0 spiro atoms. The molecular weight excluding hydrogens is 416 g/mol. The van der Waals surface area contributed by atoms with Crippen molar-refractivity contribution in [2.75, 3.05) is 31.5 Å². The highest BCUT2D eigenvalue weighted by Gasteiger charge is 2.26. The molecule has 0 bridgehead atoms. The lowest BCUT2D eigenvalue weighted by Gasteiger charge is -2.34. The maximum atomic E-state index is 13.0. The maximum Gasteiger partial charge on any atom is 0.254 e. The van der Waals surface area contributed by atoms with Crippen LogP contribution in [0.2, 0.25) is 0 Å². The molecular formula is C22H22N4O2S2. The summed E-state index contributed by atoms with van der Waals surface area (Å²) >= 11 is 3.27. The fourth-order valence-corrected chi connectivity index (χ4v) is 5.75. The number of thioether (sulfide) groups is 1. The largest absolute Gasteiger partial charge is 0.336 e. The number of nitrogens with one attached hydrogen (secondary N) is 1. The van der Waals surface area contributed by atoms with Crippen LogP contribution in [0.1, 0.15) is 22.3 Å². The molecule has 1 atom stereocenters. The summed E-state index contributed by atoms with van der Waals surface area (Å²) in [5.74, 6) is 0.0101. The minimum atomic E-state index is -0.109. The van der Waals surface area contributed by atoms with E-state index in [1.54, 1.807) is 11.3 Å². The van der Waals surface area contributed by atoms with Gasteiger partial charge >= 0.3 is 0 Å². The van der Waals surface area contributed by atoms with Crippen LogP contribution in [0, 0.1) is 0 Å². The van der Waals surface area contributed by atoms with E-state index in [1.165, 1.54) is 16.5 Å². The molecule has 2 aliphatic heterocycles. The summed E-state index contributed by atoms with van der Waals surface area (Å²) in [7, 11) is 0. The number of anilines is 1. The number of para-hydroxylation sites is 1. The highest BCUT2D eigenvalue weighted by Crippen LogP contribution is 2.36. The lowest BCUT2D eigenvalue weighted by Crippen LogP contribution is -2.48. The Balaban J connectivity index is 1.21. The Morgan fingerprint density at radius 2 is 1.97 bits per heavy atom. The summed E-state index contributed by atoms with van der Waals surface area (Å²) in [5.41, 5.74) is 2.42. The second kappa shape index (κ2) is 8.02. The average molecular weight is 439 g/mol. The fourth-order valence-electron chi connectivity index (χ4n) is 3.81. The molecule has 3 heterocycles. The standard InChI is InChI=1S/C22H22N4O2S2/c1-14-21(27)24-17-12-15(6-7-19(17)29-14)22(28)26-10-8-25(9-11-26)13-20-23-16-4-2-3-5-18(16)30-20/h2-7,12,14H,8-11,13H2,1H3,(H,24,27). The molecule has 1 fully saturated rings. The van der Waals surface area contributed by atoms with Crippen molar-refractivity contribution in [1.82, 2.24) is 14.8 Å². The van der Waals surface area contributed by atoms with Gasteiger partial charge in [-0.3, -0.25) is 14.5 Å². The van der Waals surface area contributed by atoms with Gasteiger partial charge in [0.25, 0.3) is 5.91 Å². The van der Waals surface area contributed by atoms with Gasteiger partial charge in [0.05, 0.1) is 27.7 Å². The van der Waals surface area contributed by atoms with Gasteiger partial charge in [-0.1, -0.05) is 12.1 Å². The molecule has 3 aromatic rings. The van der Waals surface area contributed by atoms with Crippen LogP contribution >= 0.6 is 23.1 Å². The molecule has 2 amide bonds. The van der Waals surface area contributed by atoms with E-state index in [4.69, 9.17) is 4.98 Å². The number of amides is 2. The zero-order chi connectivity index (χ0) is 20.7. The Morgan fingerprint density at radius 3 is 2.77 bits per heavy atom. The van der Waals surface area contributed by atoms with Gasteiger partial charge in [-0.05, 0) is 37.3 Å². The monoisotopic (exact) mass is 438 g/mol. The minimum Gasteiger partial charge on any atom is -0.336 e. The second-order valence-corrected chi connectivity index (χ2v) is 10.1. The number of aromatic nitrogens is 1. The molecule has 0 radical (unpaired) electrons. The van der Waals surface area contributed by atoms with Crippen LogP contribution in [0.4, 0.5) is 5.69 Å². The maximum absolute atomic E-state index is 13.0. The number of carbonyl (C=O) groups is 2. The molecule has 6 nitrogen and oxygen atoms in total. The van der Waals surface area contributed by atoms with Crippen molar-refractivity contribution < 1.29 is 9.59 Å². The van der Waals surface area contributed by atoms with Crippen LogP contribution in [0.15, 0.2) is 47.4 Å². The van der Waals surface area contributed by atoms with E-state index >= 15 is 0 Å². The lowest BCUT2D eigenvalue weighted by atomic mass is 10.1. The Labute approximate surface area is 183 Å². The molecule has 30 heavy (non-hydrogen) atoms. The van der Waals surface area contributed by atoms with Crippen LogP contribution in [0.25, 0.3) is 10.2 Å². The van der Waals surface area contributed by atoms with Gasteiger partial charge in [0.2, 0.25) is 5.91 Å². The minimum absolute atomic E-state index is 0.0134. The van der Waals surface area contributed by atoms with Crippen LogP contribution in [0.3, 0.4) is 0 Å². The third-order valence-electron chi connectivity index (χ3n) is 5.51. The van der Waals surface area contributed by atoms with E-state index in [0.717, 1.165) is 40.7 Å². The lowest BCUT2D eigenvalue weighted by molar-refractivity contribution is -0.115. The van der Waals surface area contributed by atoms with Gasteiger partial charge in [0.1, 0.15) is 5.01 Å². The van der Waals surface area contributed by atoms with Gasteiger partial charge in [0, 0.05) is 36.6 Å². The van der Waals surface area contributed by atoms with Crippen molar-refractivity contribution in [1.29, 1.82) is 0 Å². The zero-order valence-electron chi connectivity index (χ0n) is 16.6. The number of hydrogen-bond donors (Lipinski definition) is 1. The first-order valence-corrected chi connectivity index (χ1v) is 11.7. The second-order valence-electron chi connectivity index (χ2n) is 7.60. The first kappa shape index (κ1) is 19.5. The first-order valence-electron chi connectivity index (χ1n) is 10.0. The number of thiazole rings is 1. The fraction of sp³-hybridized carbons (Fsp3) is 0.318. The SMILES string of the molecule is CC1Sc2ccc(C(=O)N3CCN(Cc4nc5ccccc5s4)CC3)cc2NC1=O. The van der Waals surface area contributed by atoms with E-state index in [9.17, 15) is 9.59 Å². The molecule has 154 valence electrons. The molecule has 1 unspecified atom stereocenters. The predicted molar refractivity (Wildman–Crippen MR) is 121 cm³/mol. The number of carbonyl (C=O) groups excluding carboxylic acids is 2. The van der Waals surface area contributed by atoms with E-state index in [1.807, 2.05) is 48.2 Å². The number of hydrogen-bond acceptors (Lipinski definition) is 6. The van der Waals surface area contributed by atoms with Gasteiger partial charge in [-0.2, -0.15) is 0 Å². The number of nitrogens with zero attached hydrogens (tertiary/aromatic N) is 3. The first-order chi connectivity index (χ1) is 14.6. The Hall–Kier alpha value is -2.42. The molecule has 0 saturated carbocycles. The van der Waals surface area contributed by atoms with Gasteiger partial charge in [0.15, 0.2) is 0 Å². The van der Waals surface area contributed by atoms with Gasteiger partial charge < -0.3 is 10.2 Å². The third kappa shape index (κ3) is 3.82. The Morgan fingerprint density at radius 1 is 1.17 bits per heavy atom. The van der Waals surface area contributed by atoms with Crippen LogP contribution in [-0.4, -0.2) is 58.0 Å². The van der Waals surface area contributed by atoms with Crippen molar-refractivity contribution in [2.45, 2.75) is 23.6 Å². The number of piperazine rings is 1. The van der Waals surface area contributed by atoms with Crippen molar-refractivity contribution in [3.8, 4) is 0 Å². The van der Waals surface area contributed by atoms with E-state index in [2.05, 4.69) is 16.3 Å². The predicted octanol–water partition coefficient (Wildman–Crippen LogP) is 3.69. The van der Waals surface area contributed by atoms with Crippen molar-refractivity contribution >= 4 is 50.8 Å². The van der Waals surface area contributed by atoms with Crippen LogP contribution < -0.4 is 5.32 Å². The summed E-state index contributed by atoms with van der Waals surface area (Å²) in [6.07, 6.45) is 0. The highest BCUT2D eigenvalue weighted by atomic mass is 32.2. The number of benzene rings is 2. The molecule has 2 aliphatic rings. The van der Waals surface area contributed by atoms with E-state index in [0.29, 0.717) is 18.7 Å². The molecule has 1 saturated heterocycles. The van der Waals surface area contributed by atoms with E-state index in [-0.39, 0.29) is 17.1 Å². The van der Waals surface area contributed by atoms with Crippen molar-refractivity contribution in [3.63, 3.8) is 0 Å². The van der Waals surface area contributed by atoms with Crippen molar-refractivity contribution in [2.24, 2.45) is 0 Å². The Bertz CT molecular complexity index is 1090. The highest BCUT2D eigenvalue weighted by molar-refractivity contribution is 8.00. The van der Waals surface area contributed by atoms with Gasteiger partial charge in [-0.15, -0.1) is 23.1 Å². The van der Waals surface area contributed by atoms with E-state index < -0.39 is 0 Å². The summed E-state index contributed by atoms with van der Waals surface area (Å²) in [6, 6.07) is 13.8. The average Bonchev–Trinajstić information content (AvgIpc) is 3.16. The zero-order valence-corrected chi connectivity index (χ0v) is 18.3. The normalized spacial score (nSPS) is 19.6. The molecule has 0 aliphatic carbocycles. The van der Waals surface area contributed by atoms with Crippen LogP contribution in [-0.2, 0) is 11.3 Å². The summed E-state index contributed by atoms with van der Waals surface area (Å²) in [5, 5.41) is 3.92.